The lowest BCUT2D eigenvalue weighted by molar-refractivity contribution is 0.599. The minimum absolute atomic E-state index is 0.463. The molecule has 1 heterocycles. The summed E-state index contributed by atoms with van der Waals surface area (Å²) in [6.07, 6.45) is 3.61. The molecular formula is C6H14N2. The van der Waals surface area contributed by atoms with Crippen LogP contribution in [0.25, 0.3) is 0 Å². The Morgan fingerprint density at radius 1 is 1.25 bits per heavy atom. The maximum atomic E-state index is 5.69. The maximum Gasteiger partial charge on any atom is 0.00513 e. The predicted molar refractivity (Wildman–Crippen MR) is 34.7 cm³/mol. The molecule has 1 rings (SSSR count). The Morgan fingerprint density at radius 3 is 3.00 bits per heavy atom. The molecule has 0 aliphatic carbocycles. The third-order valence-corrected chi connectivity index (χ3v) is 1.62. The molecule has 1 unspecified atom stereocenters. The Bertz CT molecular complexity index is 55.5. The second kappa shape index (κ2) is 3.05. The Morgan fingerprint density at radius 2 is 2.12 bits per heavy atom. The first-order valence-electron chi connectivity index (χ1n) is 3.36. The lowest BCUT2D eigenvalue weighted by atomic mass is 10.1. The van der Waals surface area contributed by atoms with E-state index < -0.39 is 0 Å². The molecule has 1 atom stereocenters. The second-order valence-electron chi connectivity index (χ2n) is 2.44. The summed E-state index contributed by atoms with van der Waals surface area (Å²) in [6.45, 7) is 2.27. The van der Waals surface area contributed by atoms with Crippen molar-refractivity contribution in [3.05, 3.63) is 0 Å². The summed E-state index contributed by atoms with van der Waals surface area (Å²) in [6, 6.07) is 0.463. The highest BCUT2D eigenvalue weighted by Gasteiger charge is 2.04. The van der Waals surface area contributed by atoms with Gasteiger partial charge in [0.05, 0.1) is 0 Å². The zero-order chi connectivity index (χ0) is 5.82. The lowest BCUT2D eigenvalue weighted by Crippen LogP contribution is -2.21. The van der Waals surface area contributed by atoms with Gasteiger partial charge in [0.1, 0.15) is 0 Å². The number of nitrogens with two attached hydrogens (primary N) is 1. The molecule has 0 radical (unpaired) electrons. The normalized spacial score (nSPS) is 31.9. The molecule has 1 aliphatic rings. The third-order valence-electron chi connectivity index (χ3n) is 1.62. The molecule has 1 saturated heterocycles. The second-order valence-corrected chi connectivity index (χ2v) is 2.44. The quantitative estimate of drug-likeness (QED) is 0.468. The Hall–Kier alpha value is -0.0800. The highest BCUT2D eigenvalue weighted by molar-refractivity contribution is 4.67. The van der Waals surface area contributed by atoms with E-state index in [1.807, 2.05) is 0 Å². The van der Waals surface area contributed by atoms with Gasteiger partial charge in [0.25, 0.3) is 0 Å². The molecule has 1 fully saturated rings. The van der Waals surface area contributed by atoms with E-state index in [2.05, 4.69) is 5.32 Å². The van der Waals surface area contributed by atoms with Gasteiger partial charge in [0.2, 0.25) is 0 Å². The van der Waals surface area contributed by atoms with Crippen molar-refractivity contribution in [3.8, 4) is 0 Å². The Labute approximate surface area is 50.4 Å². The van der Waals surface area contributed by atoms with Crippen LogP contribution in [-0.2, 0) is 0 Å². The SMILES string of the molecule is NC1CCCNCC1. The average Bonchev–Trinajstić information content (AvgIpc) is 1.94. The van der Waals surface area contributed by atoms with Crippen molar-refractivity contribution in [2.75, 3.05) is 13.1 Å². The van der Waals surface area contributed by atoms with Crippen molar-refractivity contribution < 1.29 is 0 Å². The smallest absolute Gasteiger partial charge is 0.00513 e. The van der Waals surface area contributed by atoms with Crippen LogP contribution in [0.2, 0.25) is 0 Å². The Balaban J connectivity index is 2.17. The van der Waals surface area contributed by atoms with E-state index in [1.165, 1.54) is 12.8 Å². The van der Waals surface area contributed by atoms with E-state index >= 15 is 0 Å². The van der Waals surface area contributed by atoms with Crippen LogP contribution in [0.4, 0.5) is 0 Å². The summed E-state index contributed by atoms with van der Waals surface area (Å²) in [5.41, 5.74) is 5.69. The Kier molecular flexibility index (Phi) is 2.30. The number of hydrogen-bond donors (Lipinski definition) is 2. The topological polar surface area (TPSA) is 38.0 Å². The minimum Gasteiger partial charge on any atom is -0.328 e. The van der Waals surface area contributed by atoms with Gasteiger partial charge in [-0.25, -0.2) is 0 Å². The van der Waals surface area contributed by atoms with Gasteiger partial charge in [-0.2, -0.15) is 0 Å². The molecule has 0 aromatic heterocycles. The largest absolute Gasteiger partial charge is 0.328 e. The molecule has 2 heteroatoms. The van der Waals surface area contributed by atoms with Gasteiger partial charge in [0, 0.05) is 6.04 Å². The van der Waals surface area contributed by atoms with E-state index in [0.717, 1.165) is 19.5 Å². The van der Waals surface area contributed by atoms with Crippen LogP contribution in [0.15, 0.2) is 0 Å². The molecule has 3 N–H and O–H groups in total. The van der Waals surface area contributed by atoms with Crippen molar-refractivity contribution in [2.45, 2.75) is 25.3 Å². The first-order chi connectivity index (χ1) is 3.89. The van der Waals surface area contributed by atoms with Crippen molar-refractivity contribution in [1.29, 1.82) is 0 Å². The monoisotopic (exact) mass is 114 g/mol. The molecule has 2 nitrogen and oxygen atoms in total. The summed E-state index contributed by atoms with van der Waals surface area (Å²) in [4.78, 5) is 0. The first-order valence-corrected chi connectivity index (χ1v) is 3.36. The molecule has 0 amide bonds. The van der Waals surface area contributed by atoms with Crippen molar-refractivity contribution in [2.24, 2.45) is 5.73 Å². The number of hydrogen-bond acceptors (Lipinski definition) is 2. The van der Waals surface area contributed by atoms with Gasteiger partial charge in [-0.1, -0.05) is 0 Å². The van der Waals surface area contributed by atoms with E-state index in [0.29, 0.717) is 6.04 Å². The molecule has 1 aliphatic heterocycles. The van der Waals surface area contributed by atoms with Crippen molar-refractivity contribution in [3.63, 3.8) is 0 Å². The van der Waals surface area contributed by atoms with Crippen LogP contribution in [0, 0.1) is 0 Å². The zero-order valence-electron chi connectivity index (χ0n) is 5.19. The molecule has 0 aromatic carbocycles. The van der Waals surface area contributed by atoms with E-state index in [9.17, 15) is 0 Å². The summed E-state index contributed by atoms with van der Waals surface area (Å²) >= 11 is 0. The maximum absolute atomic E-state index is 5.69. The molecular weight excluding hydrogens is 100 g/mol. The fourth-order valence-corrected chi connectivity index (χ4v) is 1.05. The predicted octanol–water partition coefficient (Wildman–Crippen LogP) is 0.0872. The molecule has 48 valence electrons. The molecule has 0 aromatic rings. The zero-order valence-corrected chi connectivity index (χ0v) is 5.19. The fraction of sp³-hybridized carbons (Fsp3) is 1.00. The standard InChI is InChI=1S/C6H14N2/c7-6-2-1-4-8-5-3-6/h6,8H,1-5,7H2. The van der Waals surface area contributed by atoms with Crippen LogP contribution < -0.4 is 11.1 Å². The summed E-state index contributed by atoms with van der Waals surface area (Å²) in [7, 11) is 0. The average molecular weight is 114 g/mol. The third kappa shape index (κ3) is 1.80. The lowest BCUT2D eigenvalue weighted by Gasteiger charge is -2.02. The van der Waals surface area contributed by atoms with Crippen LogP contribution in [-0.4, -0.2) is 19.1 Å². The van der Waals surface area contributed by atoms with E-state index in [1.54, 1.807) is 0 Å². The van der Waals surface area contributed by atoms with Gasteiger partial charge >= 0.3 is 0 Å². The van der Waals surface area contributed by atoms with Crippen LogP contribution in [0.1, 0.15) is 19.3 Å². The van der Waals surface area contributed by atoms with Crippen LogP contribution >= 0.6 is 0 Å². The number of rotatable bonds is 0. The van der Waals surface area contributed by atoms with Gasteiger partial charge < -0.3 is 11.1 Å². The van der Waals surface area contributed by atoms with Gasteiger partial charge in [-0.15, -0.1) is 0 Å². The van der Waals surface area contributed by atoms with Gasteiger partial charge in [0.15, 0.2) is 0 Å². The van der Waals surface area contributed by atoms with Crippen molar-refractivity contribution >= 4 is 0 Å². The van der Waals surface area contributed by atoms with Crippen LogP contribution in [0.5, 0.6) is 0 Å². The molecule has 8 heavy (non-hydrogen) atoms. The molecule has 0 bridgehead atoms. The van der Waals surface area contributed by atoms with Crippen LogP contribution in [0.3, 0.4) is 0 Å². The first kappa shape index (κ1) is 6.05. The van der Waals surface area contributed by atoms with E-state index in [4.69, 9.17) is 5.73 Å². The number of nitrogens with one attached hydrogen (secondary N) is 1. The van der Waals surface area contributed by atoms with Crippen molar-refractivity contribution in [1.82, 2.24) is 5.32 Å². The van der Waals surface area contributed by atoms with Gasteiger partial charge in [-0.3, -0.25) is 0 Å². The summed E-state index contributed by atoms with van der Waals surface area (Å²) in [5.74, 6) is 0. The molecule has 0 spiro atoms. The fourth-order valence-electron chi connectivity index (χ4n) is 1.05. The highest BCUT2D eigenvalue weighted by Crippen LogP contribution is 2.00. The minimum atomic E-state index is 0.463. The van der Waals surface area contributed by atoms with E-state index in [-0.39, 0.29) is 0 Å². The summed E-state index contributed by atoms with van der Waals surface area (Å²) < 4.78 is 0. The van der Waals surface area contributed by atoms with Gasteiger partial charge in [-0.05, 0) is 32.4 Å². The molecule has 0 saturated carbocycles. The summed E-state index contributed by atoms with van der Waals surface area (Å²) in [5, 5.41) is 3.30. The highest BCUT2D eigenvalue weighted by atomic mass is 14.9.